The Labute approximate surface area is 103 Å². The van der Waals surface area contributed by atoms with Gasteiger partial charge in [-0.05, 0) is 25.1 Å². The fraction of sp³-hybridized carbons (Fsp3) is 0.167. The van der Waals surface area contributed by atoms with E-state index in [4.69, 9.17) is 5.11 Å². The fourth-order valence-corrected chi connectivity index (χ4v) is 1.15. The summed E-state index contributed by atoms with van der Waals surface area (Å²) in [6.07, 6.45) is 0. The molecule has 0 saturated carbocycles. The number of rotatable bonds is 4. The minimum absolute atomic E-state index is 0.105. The van der Waals surface area contributed by atoms with Crippen molar-refractivity contribution in [2.45, 2.75) is 6.92 Å². The molecule has 0 fully saturated rings. The first-order valence-corrected chi connectivity index (χ1v) is 5.12. The van der Waals surface area contributed by atoms with E-state index < -0.39 is 17.8 Å². The Balaban J connectivity index is 2.77. The summed E-state index contributed by atoms with van der Waals surface area (Å²) >= 11 is 0. The first-order chi connectivity index (χ1) is 8.40. The highest BCUT2D eigenvalue weighted by molar-refractivity contribution is 5.93. The van der Waals surface area contributed by atoms with E-state index in [9.17, 15) is 14.0 Å². The van der Waals surface area contributed by atoms with Crippen LogP contribution in [0.25, 0.3) is 0 Å². The highest BCUT2D eigenvalue weighted by Gasteiger charge is 2.10. The van der Waals surface area contributed by atoms with Gasteiger partial charge in [-0.1, -0.05) is 12.2 Å². The average Bonchev–Trinajstić information content (AvgIpc) is 2.29. The molecule has 0 aliphatic heterocycles. The Bertz CT molecular complexity index is 500. The maximum absolute atomic E-state index is 13.3. The predicted molar refractivity (Wildman–Crippen MR) is 65.2 cm³/mol. The Hall–Kier alpha value is -2.37. The van der Waals surface area contributed by atoms with E-state index in [-0.39, 0.29) is 17.8 Å². The largest absolute Gasteiger partial charge is 0.478 e. The SMILES string of the molecule is C=C(C)CNC(=O)Nc1cc(C(=O)O)ccc1F. The molecule has 0 atom stereocenters. The first kappa shape index (κ1) is 13.7. The van der Waals surface area contributed by atoms with Crippen LogP contribution in [0.5, 0.6) is 0 Å². The molecule has 0 aromatic heterocycles. The van der Waals surface area contributed by atoms with Crippen molar-refractivity contribution in [3.63, 3.8) is 0 Å². The van der Waals surface area contributed by atoms with Crippen LogP contribution < -0.4 is 10.6 Å². The summed E-state index contributed by atoms with van der Waals surface area (Å²) in [7, 11) is 0. The summed E-state index contributed by atoms with van der Waals surface area (Å²) in [6.45, 7) is 5.58. The molecule has 0 radical (unpaired) electrons. The van der Waals surface area contributed by atoms with Crippen molar-refractivity contribution in [2.24, 2.45) is 0 Å². The summed E-state index contributed by atoms with van der Waals surface area (Å²) in [5, 5.41) is 13.4. The van der Waals surface area contributed by atoms with Crippen molar-refractivity contribution in [1.82, 2.24) is 5.32 Å². The molecule has 1 aromatic rings. The number of hydrogen-bond donors (Lipinski definition) is 3. The van der Waals surface area contributed by atoms with E-state index in [0.29, 0.717) is 0 Å². The van der Waals surface area contributed by atoms with Crippen LogP contribution in [0, 0.1) is 5.82 Å². The van der Waals surface area contributed by atoms with E-state index in [1.165, 1.54) is 0 Å². The van der Waals surface area contributed by atoms with Crippen LogP contribution in [-0.4, -0.2) is 23.7 Å². The molecule has 0 aliphatic rings. The number of nitrogens with one attached hydrogen (secondary N) is 2. The lowest BCUT2D eigenvalue weighted by atomic mass is 10.2. The second-order valence-electron chi connectivity index (χ2n) is 3.76. The van der Waals surface area contributed by atoms with E-state index in [2.05, 4.69) is 17.2 Å². The zero-order chi connectivity index (χ0) is 13.7. The van der Waals surface area contributed by atoms with Gasteiger partial charge in [-0.3, -0.25) is 0 Å². The lowest BCUT2D eigenvalue weighted by Gasteiger charge is -2.08. The summed E-state index contributed by atoms with van der Waals surface area (Å²) in [5.41, 5.74) is 0.450. The van der Waals surface area contributed by atoms with Crippen molar-refractivity contribution in [3.05, 3.63) is 41.7 Å². The third kappa shape index (κ3) is 3.89. The van der Waals surface area contributed by atoms with Crippen LogP contribution in [-0.2, 0) is 0 Å². The molecular weight excluding hydrogens is 239 g/mol. The molecule has 18 heavy (non-hydrogen) atoms. The number of aromatic carboxylic acids is 1. The number of hydrogen-bond acceptors (Lipinski definition) is 2. The van der Waals surface area contributed by atoms with E-state index in [1.807, 2.05) is 0 Å². The Morgan fingerprint density at radius 3 is 2.67 bits per heavy atom. The van der Waals surface area contributed by atoms with Gasteiger partial charge in [-0.2, -0.15) is 0 Å². The summed E-state index contributed by atoms with van der Waals surface area (Å²) < 4.78 is 13.3. The number of halogens is 1. The van der Waals surface area contributed by atoms with Gasteiger partial charge in [0.05, 0.1) is 11.3 Å². The molecule has 0 saturated heterocycles. The minimum Gasteiger partial charge on any atom is -0.478 e. The summed E-state index contributed by atoms with van der Waals surface area (Å²) in [5.74, 6) is -1.90. The van der Waals surface area contributed by atoms with Crippen LogP contribution >= 0.6 is 0 Å². The van der Waals surface area contributed by atoms with E-state index >= 15 is 0 Å². The van der Waals surface area contributed by atoms with Crippen LogP contribution in [0.15, 0.2) is 30.4 Å². The van der Waals surface area contributed by atoms with Crippen LogP contribution in [0.4, 0.5) is 14.9 Å². The van der Waals surface area contributed by atoms with Crippen LogP contribution in [0.1, 0.15) is 17.3 Å². The van der Waals surface area contributed by atoms with Gasteiger partial charge in [0.2, 0.25) is 0 Å². The molecular formula is C12H13FN2O3. The van der Waals surface area contributed by atoms with Gasteiger partial charge in [0.25, 0.3) is 0 Å². The fourth-order valence-electron chi connectivity index (χ4n) is 1.15. The molecule has 6 heteroatoms. The summed E-state index contributed by atoms with van der Waals surface area (Å²) in [6, 6.07) is 2.53. The molecule has 1 rings (SSSR count). The highest BCUT2D eigenvalue weighted by atomic mass is 19.1. The number of carbonyl (C=O) groups is 2. The van der Waals surface area contributed by atoms with Gasteiger partial charge in [0.15, 0.2) is 0 Å². The summed E-state index contributed by atoms with van der Waals surface area (Å²) in [4.78, 5) is 22.1. The van der Waals surface area contributed by atoms with Gasteiger partial charge >= 0.3 is 12.0 Å². The number of urea groups is 1. The van der Waals surface area contributed by atoms with Gasteiger partial charge in [-0.25, -0.2) is 14.0 Å². The van der Waals surface area contributed by atoms with E-state index in [0.717, 1.165) is 23.8 Å². The maximum Gasteiger partial charge on any atom is 0.335 e. The van der Waals surface area contributed by atoms with Crippen molar-refractivity contribution < 1.29 is 19.1 Å². The van der Waals surface area contributed by atoms with E-state index in [1.54, 1.807) is 6.92 Å². The van der Waals surface area contributed by atoms with Crippen LogP contribution in [0.2, 0.25) is 0 Å². The minimum atomic E-state index is -1.19. The topological polar surface area (TPSA) is 78.4 Å². The monoisotopic (exact) mass is 252 g/mol. The molecule has 1 aromatic carbocycles. The first-order valence-electron chi connectivity index (χ1n) is 5.12. The smallest absolute Gasteiger partial charge is 0.335 e. The Morgan fingerprint density at radius 1 is 1.44 bits per heavy atom. The third-order valence-electron chi connectivity index (χ3n) is 2.01. The van der Waals surface area contributed by atoms with Crippen molar-refractivity contribution in [3.8, 4) is 0 Å². The van der Waals surface area contributed by atoms with Crippen molar-refractivity contribution >= 4 is 17.7 Å². The highest BCUT2D eigenvalue weighted by Crippen LogP contribution is 2.16. The standard InChI is InChI=1S/C12H13FN2O3/c1-7(2)6-14-12(18)15-10-5-8(11(16)17)3-4-9(10)13/h3-5H,1,6H2,2H3,(H,16,17)(H2,14,15,18). The van der Waals surface area contributed by atoms with Crippen molar-refractivity contribution in [2.75, 3.05) is 11.9 Å². The molecule has 0 heterocycles. The number of carboxylic acid groups (broad SMARTS) is 1. The zero-order valence-electron chi connectivity index (χ0n) is 9.79. The number of benzene rings is 1. The molecule has 2 amide bonds. The Kier molecular flexibility index (Phi) is 4.42. The molecule has 0 spiro atoms. The average molecular weight is 252 g/mol. The second kappa shape index (κ2) is 5.81. The second-order valence-corrected chi connectivity index (χ2v) is 3.76. The number of amides is 2. The number of carbonyl (C=O) groups excluding carboxylic acids is 1. The number of carboxylic acids is 1. The lowest BCUT2D eigenvalue weighted by Crippen LogP contribution is -2.30. The molecule has 5 nitrogen and oxygen atoms in total. The van der Waals surface area contributed by atoms with Gasteiger partial charge < -0.3 is 15.7 Å². The Morgan fingerprint density at radius 2 is 2.11 bits per heavy atom. The van der Waals surface area contributed by atoms with Crippen molar-refractivity contribution in [1.29, 1.82) is 0 Å². The zero-order valence-corrected chi connectivity index (χ0v) is 9.79. The maximum atomic E-state index is 13.3. The number of anilines is 1. The predicted octanol–water partition coefficient (Wildman–Crippen LogP) is 2.22. The third-order valence-corrected chi connectivity index (χ3v) is 2.01. The van der Waals surface area contributed by atoms with Gasteiger partial charge in [-0.15, -0.1) is 0 Å². The lowest BCUT2D eigenvalue weighted by molar-refractivity contribution is 0.0697. The molecule has 0 bridgehead atoms. The molecule has 3 N–H and O–H groups in total. The van der Waals surface area contributed by atoms with Crippen LogP contribution in [0.3, 0.4) is 0 Å². The normalized spacial score (nSPS) is 9.67. The molecule has 0 unspecified atom stereocenters. The van der Waals surface area contributed by atoms with Gasteiger partial charge in [0.1, 0.15) is 5.82 Å². The van der Waals surface area contributed by atoms with Gasteiger partial charge in [0, 0.05) is 6.54 Å². The quantitative estimate of drug-likeness (QED) is 0.719. The molecule has 96 valence electrons. The molecule has 0 aliphatic carbocycles.